The second-order valence-corrected chi connectivity index (χ2v) is 3.89. The maximum absolute atomic E-state index is 4.25. The van der Waals surface area contributed by atoms with Crippen molar-refractivity contribution < 1.29 is 0 Å². The Morgan fingerprint density at radius 1 is 1.57 bits per heavy atom. The summed E-state index contributed by atoms with van der Waals surface area (Å²) < 4.78 is 0.801. The maximum atomic E-state index is 4.25. The molecule has 0 spiro atoms. The molecule has 1 heterocycles. The van der Waals surface area contributed by atoms with Gasteiger partial charge in [-0.1, -0.05) is 19.1 Å². The number of halogens is 1. The summed E-state index contributed by atoms with van der Waals surface area (Å²) in [5, 5.41) is 3.20. The van der Waals surface area contributed by atoms with Crippen LogP contribution < -0.4 is 5.32 Å². The van der Waals surface area contributed by atoms with Crippen LogP contribution in [0.2, 0.25) is 0 Å². The molecule has 0 amide bonds. The quantitative estimate of drug-likeness (QED) is 0.664. The summed E-state index contributed by atoms with van der Waals surface area (Å²) in [6.07, 6.45) is 0.984. The highest BCUT2D eigenvalue weighted by Gasteiger charge is 1.99. The first-order valence-electron chi connectivity index (χ1n) is 4.53. The van der Waals surface area contributed by atoms with Crippen LogP contribution in [-0.2, 0) is 0 Å². The van der Waals surface area contributed by atoms with Gasteiger partial charge in [-0.05, 0) is 29.3 Å². The van der Waals surface area contributed by atoms with Gasteiger partial charge in [-0.15, -0.1) is 0 Å². The van der Waals surface area contributed by atoms with E-state index in [0.717, 1.165) is 34.8 Å². The van der Waals surface area contributed by atoms with Gasteiger partial charge in [0.15, 0.2) is 0 Å². The first kappa shape index (κ1) is 11.2. The number of nitrogens with one attached hydrogen (secondary N) is 1. The summed E-state index contributed by atoms with van der Waals surface area (Å²) in [7, 11) is 0. The highest BCUT2D eigenvalue weighted by Crippen LogP contribution is 2.12. The summed E-state index contributed by atoms with van der Waals surface area (Å²) in [4.78, 5) is 8.37. The van der Waals surface area contributed by atoms with E-state index in [1.807, 2.05) is 13.0 Å². The lowest BCUT2D eigenvalue weighted by molar-refractivity contribution is 0.999. The average Bonchev–Trinajstić information content (AvgIpc) is 2.12. The average molecular weight is 256 g/mol. The molecule has 0 unspecified atom stereocenters. The Morgan fingerprint density at radius 2 is 2.29 bits per heavy atom. The number of aromatic nitrogens is 2. The molecular weight excluding hydrogens is 242 g/mol. The maximum Gasteiger partial charge on any atom is 0.131 e. The van der Waals surface area contributed by atoms with E-state index in [4.69, 9.17) is 0 Å². The summed E-state index contributed by atoms with van der Waals surface area (Å²) in [6, 6.07) is 1.86. The Balaban J connectivity index is 2.63. The van der Waals surface area contributed by atoms with Gasteiger partial charge in [0.05, 0.1) is 0 Å². The lowest BCUT2D eigenvalue weighted by Crippen LogP contribution is -2.06. The van der Waals surface area contributed by atoms with Crippen molar-refractivity contribution in [3.8, 4) is 0 Å². The number of hydrogen-bond acceptors (Lipinski definition) is 3. The molecule has 1 rings (SSSR count). The zero-order chi connectivity index (χ0) is 10.6. The second kappa shape index (κ2) is 5.10. The monoisotopic (exact) mass is 255 g/mol. The van der Waals surface area contributed by atoms with Gasteiger partial charge in [-0.2, -0.15) is 0 Å². The SMILES string of the molecule is C=C(CC)CNc1cc(Br)nc(C)n1. The molecule has 0 atom stereocenters. The van der Waals surface area contributed by atoms with Crippen LogP contribution in [0, 0.1) is 6.92 Å². The highest BCUT2D eigenvalue weighted by molar-refractivity contribution is 9.10. The lowest BCUT2D eigenvalue weighted by atomic mass is 10.2. The van der Waals surface area contributed by atoms with Crippen molar-refractivity contribution in [3.63, 3.8) is 0 Å². The van der Waals surface area contributed by atoms with Gasteiger partial charge in [0.2, 0.25) is 0 Å². The van der Waals surface area contributed by atoms with Crippen LogP contribution in [0.1, 0.15) is 19.2 Å². The molecule has 14 heavy (non-hydrogen) atoms. The number of hydrogen-bond donors (Lipinski definition) is 1. The third-order valence-corrected chi connectivity index (χ3v) is 2.23. The van der Waals surface area contributed by atoms with E-state index < -0.39 is 0 Å². The van der Waals surface area contributed by atoms with Crippen LogP contribution in [0.5, 0.6) is 0 Å². The Kier molecular flexibility index (Phi) is 4.07. The fourth-order valence-corrected chi connectivity index (χ4v) is 1.44. The fourth-order valence-electron chi connectivity index (χ4n) is 0.962. The van der Waals surface area contributed by atoms with Crippen molar-refractivity contribution in [2.75, 3.05) is 11.9 Å². The molecule has 0 aliphatic heterocycles. The summed E-state index contributed by atoms with van der Waals surface area (Å²) in [6.45, 7) is 8.63. The molecular formula is C10H14BrN3. The highest BCUT2D eigenvalue weighted by atomic mass is 79.9. The largest absolute Gasteiger partial charge is 0.366 e. The van der Waals surface area contributed by atoms with E-state index in [-0.39, 0.29) is 0 Å². The molecule has 1 N–H and O–H groups in total. The minimum absolute atomic E-state index is 0.754. The zero-order valence-corrected chi connectivity index (χ0v) is 10.1. The van der Waals surface area contributed by atoms with E-state index in [2.05, 4.69) is 44.7 Å². The summed E-state index contributed by atoms with van der Waals surface area (Å²) in [5.74, 6) is 1.59. The van der Waals surface area contributed by atoms with Crippen molar-refractivity contribution in [2.24, 2.45) is 0 Å². The van der Waals surface area contributed by atoms with E-state index in [1.54, 1.807) is 0 Å². The van der Waals surface area contributed by atoms with Crippen molar-refractivity contribution in [3.05, 3.63) is 28.6 Å². The number of aryl methyl sites for hydroxylation is 1. The Hall–Kier alpha value is -0.900. The van der Waals surface area contributed by atoms with Gasteiger partial charge < -0.3 is 5.32 Å². The third-order valence-electron chi connectivity index (χ3n) is 1.83. The van der Waals surface area contributed by atoms with Crippen molar-refractivity contribution in [1.29, 1.82) is 0 Å². The molecule has 0 radical (unpaired) electrons. The van der Waals surface area contributed by atoms with E-state index in [1.165, 1.54) is 0 Å². The first-order chi connectivity index (χ1) is 6.61. The van der Waals surface area contributed by atoms with Crippen LogP contribution in [0.15, 0.2) is 22.8 Å². The molecule has 0 aliphatic carbocycles. The van der Waals surface area contributed by atoms with Crippen LogP contribution in [0.4, 0.5) is 5.82 Å². The Labute approximate surface area is 92.8 Å². The number of nitrogens with zero attached hydrogens (tertiary/aromatic N) is 2. The zero-order valence-electron chi connectivity index (χ0n) is 8.47. The van der Waals surface area contributed by atoms with Gasteiger partial charge in [0.25, 0.3) is 0 Å². The smallest absolute Gasteiger partial charge is 0.131 e. The molecule has 0 aromatic carbocycles. The van der Waals surface area contributed by atoms with Crippen molar-refractivity contribution in [1.82, 2.24) is 9.97 Å². The van der Waals surface area contributed by atoms with E-state index in [0.29, 0.717) is 0 Å². The van der Waals surface area contributed by atoms with Crippen molar-refractivity contribution >= 4 is 21.7 Å². The number of anilines is 1. The second-order valence-electron chi connectivity index (χ2n) is 3.08. The van der Waals surface area contributed by atoms with Crippen LogP contribution in [-0.4, -0.2) is 16.5 Å². The Morgan fingerprint density at radius 3 is 2.86 bits per heavy atom. The molecule has 76 valence electrons. The van der Waals surface area contributed by atoms with Gasteiger partial charge in [0.1, 0.15) is 16.2 Å². The lowest BCUT2D eigenvalue weighted by Gasteiger charge is -2.07. The molecule has 0 bridgehead atoms. The standard InChI is InChI=1S/C10H14BrN3/c1-4-7(2)6-12-10-5-9(11)13-8(3)14-10/h5H,2,4,6H2,1,3H3,(H,12,13,14). The predicted molar refractivity (Wildman–Crippen MR) is 62.4 cm³/mol. The van der Waals surface area contributed by atoms with Crippen LogP contribution >= 0.6 is 15.9 Å². The minimum Gasteiger partial charge on any atom is -0.366 e. The third kappa shape index (κ3) is 3.46. The summed E-state index contributed by atoms with van der Waals surface area (Å²) >= 11 is 3.32. The van der Waals surface area contributed by atoms with Gasteiger partial charge in [0, 0.05) is 12.6 Å². The van der Waals surface area contributed by atoms with Crippen LogP contribution in [0.25, 0.3) is 0 Å². The molecule has 0 saturated carbocycles. The molecule has 3 nitrogen and oxygen atoms in total. The number of rotatable bonds is 4. The molecule has 0 saturated heterocycles. The molecule has 4 heteroatoms. The Bertz CT molecular complexity index is 316. The van der Waals surface area contributed by atoms with E-state index >= 15 is 0 Å². The van der Waals surface area contributed by atoms with Crippen LogP contribution in [0.3, 0.4) is 0 Å². The molecule has 0 fully saturated rings. The normalized spacial score (nSPS) is 9.93. The van der Waals surface area contributed by atoms with Crippen molar-refractivity contribution in [2.45, 2.75) is 20.3 Å². The molecule has 1 aromatic rings. The van der Waals surface area contributed by atoms with Gasteiger partial charge >= 0.3 is 0 Å². The van der Waals surface area contributed by atoms with Gasteiger partial charge in [-0.3, -0.25) is 0 Å². The first-order valence-corrected chi connectivity index (χ1v) is 5.33. The molecule has 0 aliphatic rings. The predicted octanol–water partition coefficient (Wildman–Crippen LogP) is 2.93. The molecule has 1 aromatic heterocycles. The van der Waals surface area contributed by atoms with Gasteiger partial charge in [-0.25, -0.2) is 9.97 Å². The topological polar surface area (TPSA) is 37.8 Å². The summed E-state index contributed by atoms with van der Waals surface area (Å²) in [5.41, 5.74) is 1.16. The van der Waals surface area contributed by atoms with E-state index in [9.17, 15) is 0 Å². The minimum atomic E-state index is 0.754. The fraction of sp³-hybridized carbons (Fsp3) is 0.400.